The summed E-state index contributed by atoms with van der Waals surface area (Å²) in [6.07, 6.45) is 1.47. The van der Waals surface area contributed by atoms with Crippen molar-refractivity contribution in [3.63, 3.8) is 0 Å². The van der Waals surface area contributed by atoms with E-state index in [1.54, 1.807) is 84.9 Å². The van der Waals surface area contributed by atoms with Gasteiger partial charge in [-0.15, -0.1) is 11.8 Å². The van der Waals surface area contributed by atoms with E-state index in [-0.39, 0.29) is 17.4 Å². The molecule has 12 heteroatoms. The first-order valence-corrected chi connectivity index (χ1v) is 15.1. The van der Waals surface area contributed by atoms with Crippen molar-refractivity contribution in [2.45, 2.75) is 4.90 Å². The van der Waals surface area contributed by atoms with Gasteiger partial charge in [-0.3, -0.25) is 14.4 Å². The molecule has 3 N–H and O–H groups in total. The van der Waals surface area contributed by atoms with Crippen molar-refractivity contribution in [3.8, 4) is 11.5 Å². The molecule has 3 amide bonds. The maximum absolute atomic E-state index is 13.3. The summed E-state index contributed by atoms with van der Waals surface area (Å²) in [6, 6.07) is 23.4. The molecule has 0 aliphatic heterocycles. The quantitative estimate of drug-likeness (QED) is 0.111. The fourth-order valence-electron chi connectivity index (χ4n) is 3.84. The maximum atomic E-state index is 13.3. The fraction of sp³-hybridized carbons (Fsp3) is 0.0938. The number of anilines is 2. The van der Waals surface area contributed by atoms with Gasteiger partial charge in [0.1, 0.15) is 17.2 Å². The lowest BCUT2D eigenvalue weighted by atomic mass is 10.1. The molecule has 4 rings (SSSR count). The molecule has 0 fully saturated rings. The summed E-state index contributed by atoms with van der Waals surface area (Å²) < 4.78 is 10.5. The van der Waals surface area contributed by atoms with Gasteiger partial charge >= 0.3 is 0 Å². The molecule has 0 saturated heterocycles. The van der Waals surface area contributed by atoms with Crippen molar-refractivity contribution in [1.29, 1.82) is 0 Å². The van der Waals surface area contributed by atoms with Gasteiger partial charge in [0, 0.05) is 32.3 Å². The monoisotopic (exact) mass is 669 g/mol. The number of benzene rings is 4. The Morgan fingerprint density at radius 1 is 0.795 bits per heavy atom. The number of nitrogens with one attached hydrogen (secondary N) is 3. The Hall–Kier alpha value is -4.15. The molecule has 0 aliphatic carbocycles. The number of rotatable bonds is 11. The van der Waals surface area contributed by atoms with E-state index in [1.807, 2.05) is 0 Å². The van der Waals surface area contributed by atoms with Gasteiger partial charge in [0.25, 0.3) is 11.8 Å². The van der Waals surface area contributed by atoms with Crippen LogP contribution in [0.2, 0.25) is 15.1 Å². The smallest absolute Gasteiger partial charge is 0.272 e. The van der Waals surface area contributed by atoms with Crippen LogP contribution < -0.4 is 25.4 Å². The third-order valence-corrected chi connectivity index (χ3v) is 7.89. The second kappa shape index (κ2) is 15.5. The molecule has 0 spiro atoms. The Morgan fingerprint density at radius 3 is 2.16 bits per heavy atom. The van der Waals surface area contributed by atoms with Crippen molar-refractivity contribution >= 4 is 81.7 Å². The Morgan fingerprint density at radius 2 is 1.50 bits per heavy atom. The number of carbonyl (C=O) groups is 3. The minimum absolute atomic E-state index is 0.0211. The van der Waals surface area contributed by atoms with Gasteiger partial charge < -0.3 is 25.4 Å². The third-order valence-electron chi connectivity index (χ3n) is 6.02. The number of ether oxygens (including phenoxy) is 2. The first-order valence-electron chi connectivity index (χ1n) is 13.0. The third kappa shape index (κ3) is 8.93. The van der Waals surface area contributed by atoms with Crippen LogP contribution in [-0.2, 0) is 9.59 Å². The van der Waals surface area contributed by atoms with E-state index in [0.717, 1.165) is 4.90 Å². The van der Waals surface area contributed by atoms with Gasteiger partial charge in [0.15, 0.2) is 0 Å². The molecular formula is C32H26Cl3N3O5S. The van der Waals surface area contributed by atoms with E-state index in [2.05, 4.69) is 16.0 Å². The minimum atomic E-state index is -0.563. The molecule has 0 heterocycles. The number of carbonyl (C=O) groups excluding carboxylic acids is 3. The molecular weight excluding hydrogens is 645 g/mol. The van der Waals surface area contributed by atoms with Gasteiger partial charge in [-0.05, 0) is 66.2 Å². The largest absolute Gasteiger partial charge is 0.495 e. The zero-order valence-corrected chi connectivity index (χ0v) is 26.5. The fourth-order valence-corrected chi connectivity index (χ4v) is 5.24. The molecule has 0 radical (unpaired) electrons. The summed E-state index contributed by atoms with van der Waals surface area (Å²) in [5.41, 5.74) is 1.75. The standard InChI is InChI=1S/C32H26Cl3N3O5S/c1-42-28-17-29(43-2)26(16-25(28)35)37-30(39)18-44-23-12-10-22(11-13-23)36-32(41)27(14-20-8-9-21(33)15-24(20)34)38-31(40)19-6-4-3-5-7-19/h3-17H,18H2,1-2H3,(H,36,41)(H,37,39)(H,38,40)/b27-14-. The number of amides is 3. The molecule has 44 heavy (non-hydrogen) atoms. The number of hydrogen-bond acceptors (Lipinski definition) is 6. The van der Waals surface area contributed by atoms with Crippen LogP contribution in [0.1, 0.15) is 15.9 Å². The summed E-state index contributed by atoms with van der Waals surface area (Å²) in [4.78, 5) is 39.6. The highest BCUT2D eigenvalue weighted by molar-refractivity contribution is 8.00. The predicted molar refractivity (Wildman–Crippen MR) is 177 cm³/mol. The zero-order valence-electron chi connectivity index (χ0n) is 23.5. The van der Waals surface area contributed by atoms with E-state index in [0.29, 0.717) is 49.1 Å². The van der Waals surface area contributed by atoms with E-state index >= 15 is 0 Å². The van der Waals surface area contributed by atoms with Crippen LogP contribution >= 0.6 is 46.6 Å². The second-order valence-electron chi connectivity index (χ2n) is 9.05. The molecule has 0 unspecified atom stereocenters. The van der Waals surface area contributed by atoms with E-state index in [4.69, 9.17) is 44.3 Å². The van der Waals surface area contributed by atoms with Crippen LogP contribution in [0, 0.1) is 0 Å². The molecule has 0 aromatic heterocycles. The molecule has 8 nitrogen and oxygen atoms in total. The van der Waals surface area contributed by atoms with E-state index in [1.165, 1.54) is 32.1 Å². The van der Waals surface area contributed by atoms with Gasteiger partial charge in [-0.2, -0.15) is 0 Å². The van der Waals surface area contributed by atoms with Crippen molar-refractivity contribution in [3.05, 3.63) is 117 Å². The first kappa shape index (κ1) is 32.8. The molecule has 0 bridgehead atoms. The summed E-state index contributed by atoms with van der Waals surface area (Å²) in [7, 11) is 2.97. The van der Waals surface area contributed by atoms with Crippen LogP contribution in [-0.4, -0.2) is 37.7 Å². The first-order chi connectivity index (χ1) is 21.2. The van der Waals surface area contributed by atoms with Crippen LogP contribution in [0.3, 0.4) is 0 Å². The Bertz CT molecular complexity index is 1700. The molecule has 0 aliphatic rings. The van der Waals surface area contributed by atoms with Crippen LogP contribution in [0.5, 0.6) is 11.5 Å². The zero-order chi connectivity index (χ0) is 31.6. The van der Waals surface area contributed by atoms with Crippen molar-refractivity contribution < 1.29 is 23.9 Å². The number of halogens is 3. The number of methoxy groups -OCH3 is 2. The predicted octanol–water partition coefficient (Wildman–Crippen LogP) is 7.80. The van der Waals surface area contributed by atoms with Gasteiger partial charge in [-0.1, -0.05) is 59.1 Å². The summed E-state index contributed by atoms with van der Waals surface area (Å²) in [6.45, 7) is 0. The average molecular weight is 671 g/mol. The maximum Gasteiger partial charge on any atom is 0.272 e. The van der Waals surface area contributed by atoms with Gasteiger partial charge in [0.05, 0.1) is 30.7 Å². The topological polar surface area (TPSA) is 106 Å². The number of hydrogen-bond donors (Lipinski definition) is 3. The summed E-state index contributed by atoms with van der Waals surface area (Å²) in [5, 5.41) is 9.33. The van der Waals surface area contributed by atoms with Crippen molar-refractivity contribution in [1.82, 2.24) is 5.32 Å². The van der Waals surface area contributed by atoms with Crippen molar-refractivity contribution in [2.24, 2.45) is 0 Å². The highest BCUT2D eigenvalue weighted by Gasteiger charge is 2.17. The average Bonchev–Trinajstić information content (AvgIpc) is 3.02. The summed E-state index contributed by atoms with van der Waals surface area (Å²) in [5.74, 6) is -0.339. The van der Waals surface area contributed by atoms with Crippen LogP contribution in [0.25, 0.3) is 6.08 Å². The molecule has 0 saturated carbocycles. The molecule has 0 atom stereocenters. The SMILES string of the molecule is COc1cc(OC)c(NC(=O)CSc2ccc(NC(=O)/C(=C/c3ccc(Cl)cc3Cl)NC(=O)c3ccccc3)cc2)cc1Cl. The summed E-state index contributed by atoms with van der Waals surface area (Å²) >= 11 is 19.8. The Kier molecular flexibility index (Phi) is 11.6. The highest BCUT2D eigenvalue weighted by Crippen LogP contribution is 2.36. The highest BCUT2D eigenvalue weighted by atomic mass is 35.5. The molecule has 226 valence electrons. The van der Waals surface area contributed by atoms with E-state index in [9.17, 15) is 14.4 Å². The minimum Gasteiger partial charge on any atom is -0.495 e. The van der Waals surface area contributed by atoms with Gasteiger partial charge in [-0.25, -0.2) is 0 Å². The lowest BCUT2D eigenvalue weighted by Gasteiger charge is -2.13. The second-order valence-corrected chi connectivity index (χ2v) is 11.3. The Labute approximate surface area is 273 Å². The Balaban J connectivity index is 1.42. The molecule has 4 aromatic carbocycles. The number of thioether (sulfide) groups is 1. The lowest BCUT2D eigenvalue weighted by molar-refractivity contribution is -0.114. The van der Waals surface area contributed by atoms with Crippen molar-refractivity contribution in [2.75, 3.05) is 30.6 Å². The normalized spacial score (nSPS) is 11.0. The van der Waals surface area contributed by atoms with Gasteiger partial charge in [0.2, 0.25) is 5.91 Å². The molecule has 4 aromatic rings. The van der Waals surface area contributed by atoms with Crippen LogP contribution in [0.4, 0.5) is 11.4 Å². The lowest BCUT2D eigenvalue weighted by Crippen LogP contribution is -2.30. The van der Waals surface area contributed by atoms with E-state index < -0.39 is 11.8 Å². The van der Waals surface area contributed by atoms with Crippen LogP contribution in [0.15, 0.2) is 95.5 Å².